The standard InChI is InChI=1S/C21H26F3NO3/c1-13-8-15-9-17(28-7-3-6-21(22,23)24)4-5-18(15)14(2)19(13)12-25-10-16(11-25)20(26)27/h4-5,9,13,16H,3,6-8,10-12H2,1-2H3,(H,26,27). The molecule has 1 N–H and O–H groups in total. The zero-order valence-electron chi connectivity index (χ0n) is 16.2. The molecule has 4 nitrogen and oxygen atoms in total. The van der Waals surface area contributed by atoms with Gasteiger partial charge in [-0.15, -0.1) is 0 Å². The minimum absolute atomic E-state index is 0.0484. The number of nitrogens with zero attached hydrogens (tertiary/aromatic N) is 1. The summed E-state index contributed by atoms with van der Waals surface area (Å²) in [4.78, 5) is 13.1. The van der Waals surface area contributed by atoms with Crippen LogP contribution in [0, 0.1) is 11.8 Å². The van der Waals surface area contributed by atoms with Gasteiger partial charge >= 0.3 is 12.1 Å². The first-order valence-corrected chi connectivity index (χ1v) is 9.61. The van der Waals surface area contributed by atoms with Gasteiger partial charge in [-0.1, -0.05) is 13.0 Å². The van der Waals surface area contributed by atoms with Crippen LogP contribution in [0.1, 0.15) is 37.8 Å². The number of likely N-dealkylation sites (tertiary alicyclic amines) is 1. The summed E-state index contributed by atoms with van der Waals surface area (Å²) in [7, 11) is 0. The number of alkyl halides is 3. The highest BCUT2D eigenvalue weighted by atomic mass is 19.4. The fourth-order valence-corrected chi connectivity index (χ4v) is 4.02. The molecule has 0 bridgehead atoms. The number of halogens is 3. The molecule has 7 heteroatoms. The van der Waals surface area contributed by atoms with Gasteiger partial charge in [-0.25, -0.2) is 0 Å². The number of carbonyl (C=O) groups is 1. The predicted octanol–water partition coefficient (Wildman–Crippen LogP) is 4.39. The Kier molecular flexibility index (Phi) is 6.03. The van der Waals surface area contributed by atoms with E-state index in [1.54, 1.807) is 0 Å². The van der Waals surface area contributed by atoms with Crippen LogP contribution in [0.5, 0.6) is 5.75 Å². The van der Waals surface area contributed by atoms with E-state index < -0.39 is 18.6 Å². The molecule has 154 valence electrons. The normalized spacial score (nSPS) is 20.7. The molecular formula is C21H26F3NO3. The van der Waals surface area contributed by atoms with Gasteiger partial charge in [0.05, 0.1) is 12.5 Å². The molecule has 0 amide bonds. The van der Waals surface area contributed by atoms with Crippen molar-refractivity contribution in [3.8, 4) is 5.75 Å². The SMILES string of the molecule is CC1=C(CN2CC(C(=O)O)C2)C(C)Cc2cc(OCCCC(F)(F)F)ccc21. The van der Waals surface area contributed by atoms with Gasteiger partial charge in [0.25, 0.3) is 0 Å². The molecular weight excluding hydrogens is 371 g/mol. The Morgan fingerprint density at radius 1 is 1.32 bits per heavy atom. The number of benzene rings is 1. The van der Waals surface area contributed by atoms with Crippen LogP contribution in [0.15, 0.2) is 23.8 Å². The number of allylic oxidation sites excluding steroid dienone is 1. The van der Waals surface area contributed by atoms with Gasteiger partial charge < -0.3 is 9.84 Å². The smallest absolute Gasteiger partial charge is 0.389 e. The maximum Gasteiger partial charge on any atom is 0.389 e. The van der Waals surface area contributed by atoms with Crippen molar-refractivity contribution >= 4 is 11.5 Å². The van der Waals surface area contributed by atoms with Crippen molar-refractivity contribution in [1.82, 2.24) is 4.90 Å². The summed E-state index contributed by atoms with van der Waals surface area (Å²) >= 11 is 0. The molecule has 1 unspecified atom stereocenters. The highest BCUT2D eigenvalue weighted by molar-refractivity contribution is 5.74. The molecule has 28 heavy (non-hydrogen) atoms. The summed E-state index contributed by atoms with van der Waals surface area (Å²) in [5, 5.41) is 9.03. The highest BCUT2D eigenvalue weighted by Gasteiger charge is 2.34. The molecule has 1 aromatic rings. The van der Waals surface area contributed by atoms with Crippen LogP contribution < -0.4 is 4.74 Å². The van der Waals surface area contributed by atoms with Crippen molar-refractivity contribution in [2.24, 2.45) is 11.8 Å². The van der Waals surface area contributed by atoms with Gasteiger partial charge in [-0.2, -0.15) is 13.2 Å². The van der Waals surface area contributed by atoms with E-state index >= 15 is 0 Å². The molecule has 0 aromatic heterocycles. The maximum atomic E-state index is 12.2. The lowest BCUT2D eigenvalue weighted by atomic mass is 9.79. The van der Waals surface area contributed by atoms with Crippen LogP contribution in [0.3, 0.4) is 0 Å². The third kappa shape index (κ3) is 4.87. The third-order valence-electron chi connectivity index (χ3n) is 5.66. The summed E-state index contributed by atoms with van der Waals surface area (Å²) in [6, 6.07) is 5.73. The lowest BCUT2D eigenvalue weighted by Crippen LogP contribution is -2.51. The lowest BCUT2D eigenvalue weighted by molar-refractivity contribution is -0.147. The molecule has 1 saturated heterocycles. The molecule has 0 saturated carbocycles. The maximum absolute atomic E-state index is 12.2. The van der Waals surface area contributed by atoms with Gasteiger partial charge in [0.1, 0.15) is 5.75 Å². The summed E-state index contributed by atoms with van der Waals surface area (Å²) < 4.78 is 42.2. The minimum Gasteiger partial charge on any atom is -0.494 e. The summed E-state index contributed by atoms with van der Waals surface area (Å²) in [6.45, 7) is 6.27. The minimum atomic E-state index is -4.14. The second kappa shape index (κ2) is 8.15. The number of aliphatic carboxylic acids is 1. The molecule has 2 aliphatic rings. The average Bonchev–Trinajstić information content (AvgIpc) is 2.55. The fraction of sp³-hybridized carbons (Fsp3) is 0.571. The summed E-state index contributed by atoms with van der Waals surface area (Å²) in [6.07, 6.45) is -4.18. The van der Waals surface area contributed by atoms with Gasteiger partial charge in [-0.05, 0) is 60.1 Å². The lowest BCUT2D eigenvalue weighted by Gasteiger charge is -2.39. The number of rotatable bonds is 7. The number of hydrogen-bond acceptors (Lipinski definition) is 3. The number of ether oxygens (including phenoxy) is 1. The van der Waals surface area contributed by atoms with E-state index in [0.29, 0.717) is 24.8 Å². The van der Waals surface area contributed by atoms with E-state index in [4.69, 9.17) is 9.84 Å². The summed E-state index contributed by atoms with van der Waals surface area (Å²) in [5.41, 5.74) is 4.83. The molecule has 1 heterocycles. The zero-order chi connectivity index (χ0) is 20.5. The Bertz CT molecular complexity index is 767. The van der Waals surface area contributed by atoms with Crippen LogP contribution in [-0.2, 0) is 11.2 Å². The molecule has 1 aliphatic carbocycles. The van der Waals surface area contributed by atoms with Crippen molar-refractivity contribution in [2.75, 3.05) is 26.2 Å². The van der Waals surface area contributed by atoms with Crippen molar-refractivity contribution < 1.29 is 27.8 Å². The Morgan fingerprint density at radius 2 is 2.04 bits per heavy atom. The molecule has 1 aliphatic heterocycles. The Morgan fingerprint density at radius 3 is 2.68 bits per heavy atom. The summed E-state index contributed by atoms with van der Waals surface area (Å²) in [5.74, 6) is -0.0517. The van der Waals surface area contributed by atoms with Gasteiger partial charge in [0.2, 0.25) is 0 Å². The average molecular weight is 397 g/mol. The highest BCUT2D eigenvalue weighted by Crippen LogP contribution is 2.37. The van der Waals surface area contributed by atoms with Gasteiger partial charge in [0.15, 0.2) is 0 Å². The number of hydrogen-bond donors (Lipinski definition) is 1. The second-order valence-corrected chi connectivity index (χ2v) is 7.87. The van der Waals surface area contributed by atoms with Crippen LogP contribution in [0.4, 0.5) is 13.2 Å². The molecule has 0 spiro atoms. The van der Waals surface area contributed by atoms with Crippen LogP contribution >= 0.6 is 0 Å². The van der Waals surface area contributed by atoms with E-state index in [9.17, 15) is 18.0 Å². The molecule has 0 radical (unpaired) electrons. The first-order valence-electron chi connectivity index (χ1n) is 9.61. The first kappa shape index (κ1) is 20.7. The quantitative estimate of drug-likeness (QED) is 0.694. The molecule has 3 rings (SSSR count). The fourth-order valence-electron chi connectivity index (χ4n) is 4.02. The first-order chi connectivity index (χ1) is 13.1. The number of fused-ring (bicyclic) bond motifs is 1. The van der Waals surface area contributed by atoms with Crippen molar-refractivity contribution in [1.29, 1.82) is 0 Å². The number of carboxylic acids is 1. The van der Waals surface area contributed by atoms with Crippen LogP contribution in [0.2, 0.25) is 0 Å². The van der Waals surface area contributed by atoms with Crippen molar-refractivity contribution in [2.45, 2.75) is 39.3 Å². The Hall–Kier alpha value is -2.02. The van der Waals surface area contributed by atoms with Gasteiger partial charge in [0, 0.05) is 26.1 Å². The monoisotopic (exact) mass is 397 g/mol. The third-order valence-corrected chi connectivity index (χ3v) is 5.66. The van der Waals surface area contributed by atoms with Gasteiger partial charge in [-0.3, -0.25) is 9.69 Å². The largest absolute Gasteiger partial charge is 0.494 e. The Labute approximate surface area is 163 Å². The van der Waals surface area contributed by atoms with E-state index in [2.05, 4.69) is 18.7 Å². The van der Waals surface area contributed by atoms with E-state index in [1.165, 1.54) is 11.1 Å². The van der Waals surface area contributed by atoms with E-state index in [-0.39, 0.29) is 18.9 Å². The zero-order valence-corrected chi connectivity index (χ0v) is 16.2. The predicted molar refractivity (Wildman–Crippen MR) is 100 cm³/mol. The Balaban J connectivity index is 1.63. The number of carboxylic acid groups (broad SMARTS) is 1. The van der Waals surface area contributed by atoms with Crippen LogP contribution in [-0.4, -0.2) is 48.4 Å². The van der Waals surface area contributed by atoms with E-state index in [1.807, 2.05) is 18.2 Å². The topological polar surface area (TPSA) is 49.8 Å². The van der Waals surface area contributed by atoms with Crippen molar-refractivity contribution in [3.63, 3.8) is 0 Å². The molecule has 1 atom stereocenters. The molecule has 1 aromatic carbocycles. The second-order valence-electron chi connectivity index (χ2n) is 7.87. The molecule has 1 fully saturated rings. The van der Waals surface area contributed by atoms with Crippen LogP contribution in [0.25, 0.3) is 5.57 Å². The van der Waals surface area contributed by atoms with E-state index in [0.717, 1.165) is 24.1 Å². The van der Waals surface area contributed by atoms with Crippen molar-refractivity contribution in [3.05, 3.63) is 34.9 Å².